The molecule has 2 aliphatic carbocycles. The van der Waals surface area contributed by atoms with E-state index in [9.17, 15) is 14.7 Å². The molecule has 1 fully saturated rings. The maximum atomic E-state index is 12.2. The second-order valence-electron chi connectivity index (χ2n) is 8.36. The second kappa shape index (κ2) is 11.7. The molecule has 30 heavy (non-hydrogen) atoms. The Morgan fingerprint density at radius 2 is 2.00 bits per heavy atom. The Morgan fingerprint density at radius 3 is 2.77 bits per heavy atom. The van der Waals surface area contributed by atoms with Crippen LogP contribution >= 0.6 is 0 Å². The van der Waals surface area contributed by atoms with Gasteiger partial charge in [-0.3, -0.25) is 9.59 Å². The lowest BCUT2D eigenvalue weighted by Crippen LogP contribution is -2.24. The van der Waals surface area contributed by atoms with E-state index in [1.807, 2.05) is 36.4 Å². The maximum Gasteiger partial charge on any atom is 0.220 e. The number of rotatable bonds is 12. The highest BCUT2D eigenvalue weighted by Crippen LogP contribution is 2.27. The lowest BCUT2D eigenvalue weighted by atomic mass is 9.90. The van der Waals surface area contributed by atoms with Crippen LogP contribution in [0.25, 0.3) is 0 Å². The summed E-state index contributed by atoms with van der Waals surface area (Å²) in [6, 6.07) is 10.6. The van der Waals surface area contributed by atoms with Crippen molar-refractivity contribution in [1.29, 1.82) is 0 Å². The van der Waals surface area contributed by atoms with Crippen molar-refractivity contribution >= 4 is 11.7 Å². The maximum absolute atomic E-state index is 12.2. The van der Waals surface area contributed by atoms with Crippen molar-refractivity contribution in [1.82, 2.24) is 5.32 Å². The van der Waals surface area contributed by atoms with Gasteiger partial charge >= 0.3 is 0 Å². The zero-order chi connectivity index (χ0) is 21.2. The normalized spacial score (nSPS) is 22.2. The van der Waals surface area contributed by atoms with E-state index in [-0.39, 0.29) is 23.5 Å². The van der Waals surface area contributed by atoms with Crippen molar-refractivity contribution in [3.05, 3.63) is 72.4 Å². The number of ketones is 1. The van der Waals surface area contributed by atoms with Crippen LogP contribution in [0.4, 0.5) is 0 Å². The Morgan fingerprint density at radius 1 is 1.20 bits per heavy atom. The SMILES string of the molecule is O=C(CCC/C=C\C[C@H]1C(=O)C=C[C@@H]1/C=C/[C@@H](O)CCc1ccccc1)NC1CC1. The molecular formula is C26H33NO3. The first-order chi connectivity index (χ1) is 14.6. The number of carbonyl (C=O) groups excluding carboxylic acids is 2. The zero-order valence-corrected chi connectivity index (χ0v) is 17.6. The average molecular weight is 408 g/mol. The summed E-state index contributed by atoms with van der Waals surface area (Å²) >= 11 is 0. The summed E-state index contributed by atoms with van der Waals surface area (Å²) in [6.07, 6.45) is 17.7. The molecule has 0 aliphatic heterocycles. The van der Waals surface area contributed by atoms with Crippen molar-refractivity contribution in [3.8, 4) is 0 Å². The topological polar surface area (TPSA) is 66.4 Å². The van der Waals surface area contributed by atoms with E-state index in [4.69, 9.17) is 0 Å². The van der Waals surface area contributed by atoms with Crippen LogP contribution in [-0.4, -0.2) is 28.9 Å². The molecule has 0 aromatic heterocycles. The van der Waals surface area contributed by atoms with Gasteiger partial charge in [0, 0.05) is 24.3 Å². The Hall–Kier alpha value is -2.46. The van der Waals surface area contributed by atoms with E-state index in [1.54, 1.807) is 6.08 Å². The van der Waals surface area contributed by atoms with Crippen LogP contribution in [0.5, 0.6) is 0 Å². The Labute approximate surface area is 179 Å². The summed E-state index contributed by atoms with van der Waals surface area (Å²) in [6.45, 7) is 0. The summed E-state index contributed by atoms with van der Waals surface area (Å²) in [5, 5.41) is 13.3. The predicted molar refractivity (Wildman–Crippen MR) is 120 cm³/mol. The lowest BCUT2D eigenvalue weighted by Gasteiger charge is -2.13. The highest BCUT2D eigenvalue weighted by atomic mass is 16.3. The van der Waals surface area contributed by atoms with Crippen LogP contribution in [-0.2, 0) is 16.0 Å². The van der Waals surface area contributed by atoms with Gasteiger partial charge in [0.2, 0.25) is 5.91 Å². The van der Waals surface area contributed by atoms with Gasteiger partial charge in [-0.1, -0.05) is 60.7 Å². The number of allylic oxidation sites excluding steroid dienone is 5. The number of aryl methyl sites for hydroxylation is 1. The summed E-state index contributed by atoms with van der Waals surface area (Å²) in [5.41, 5.74) is 1.22. The number of aliphatic hydroxyl groups excluding tert-OH is 1. The fourth-order valence-electron chi connectivity index (χ4n) is 3.71. The number of amides is 1. The molecule has 0 spiro atoms. The van der Waals surface area contributed by atoms with Gasteiger partial charge in [-0.25, -0.2) is 0 Å². The molecule has 0 heterocycles. The molecule has 0 bridgehead atoms. The lowest BCUT2D eigenvalue weighted by molar-refractivity contribution is -0.121. The number of nitrogens with one attached hydrogen (secondary N) is 1. The third-order valence-electron chi connectivity index (χ3n) is 5.71. The van der Waals surface area contributed by atoms with Crippen LogP contribution in [0, 0.1) is 11.8 Å². The molecule has 0 radical (unpaired) electrons. The van der Waals surface area contributed by atoms with Crippen molar-refractivity contribution in [2.75, 3.05) is 0 Å². The minimum atomic E-state index is -0.507. The third kappa shape index (κ3) is 7.75. The van der Waals surface area contributed by atoms with Gasteiger partial charge in [-0.05, 0) is 56.6 Å². The van der Waals surface area contributed by atoms with Crippen LogP contribution < -0.4 is 5.32 Å². The molecular weight excluding hydrogens is 374 g/mol. The molecule has 1 aromatic rings. The molecule has 3 rings (SSSR count). The first-order valence-corrected chi connectivity index (χ1v) is 11.2. The molecule has 1 aromatic carbocycles. The van der Waals surface area contributed by atoms with E-state index in [1.165, 1.54) is 5.56 Å². The molecule has 0 saturated heterocycles. The number of benzene rings is 1. The first-order valence-electron chi connectivity index (χ1n) is 11.2. The molecule has 2 N–H and O–H groups in total. The molecule has 4 nitrogen and oxygen atoms in total. The molecule has 3 atom stereocenters. The van der Waals surface area contributed by atoms with Crippen LogP contribution in [0.15, 0.2) is 66.8 Å². The minimum Gasteiger partial charge on any atom is -0.389 e. The fourth-order valence-corrected chi connectivity index (χ4v) is 3.71. The largest absolute Gasteiger partial charge is 0.389 e. The molecule has 160 valence electrons. The zero-order valence-electron chi connectivity index (χ0n) is 17.6. The fraction of sp³-hybridized carbons (Fsp3) is 0.462. The Balaban J connectivity index is 1.35. The summed E-state index contributed by atoms with van der Waals surface area (Å²) < 4.78 is 0. The summed E-state index contributed by atoms with van der Waals surface area (Å²) in [4.78, 5) is 23.8. The van der Waals surface area contributed by atoms with E-state index >= 15 is 0 Å². The number of aliphatic hydroxyl groups is 1. The van der Waals surface area contributed by atoms with Gasteiger partial charge in [0.25, 0.3) is 0 Å². The molecule has 2 aliphatic rings. The number of carbonyl (C=O) groups is 2. The van der Waals surface area contributed by atoms with Crippen LogP contribution in [0.1, 0.15) is 50.5 Å². The summed E-state index contributed by atoms with van der Waals surface area (Å²) in [5.74, 6) is 0.254. The molecule has 0 unspecified atom stereocenters. The van der Waals surface area contributed by atoms with Gasteiger partial charge in [0.1, 0.15) is 0 Å². The van der Waals surface area contributed by atoms with E-state index in [2.05, 4.69) is 29.6 Å². The van der Waals surface area contributed by atoms with Crippen molar-refractivity contribution in [2.45, 2.75) is 63.5 Å². The van der Waals surface area contributed by atoms with Gasteiger partial charge in [0.05, 0.1) is 6.10 Å². The third-order valence-corrected chi connectivity index (χ3v) is 5.71. The smallest absolute Gasteiger partial charge is 0.220 e. The van der Waals surface area contributed by atoms with Gasteiger partial charge < -0.3 is 10.4 Å². The van der Waals surface area contributed by atoms with E-state index < -0.39 is 6.10 Å². The monoisotopic (exact) mass is 407 g/mol. The summed E-state index contributed by atoms with van der Waals surface area (Å²) in [7, 11) is 0. The molecule has 1 amide bonds. The van der Waals surface area contributed by atoms with Gasteiger partial charge in [-0.15, -0.1) is 0 Å². The Bertz CT molecular complexity index is 777. The van der Waals surface area contributed by atoms with E-state index in [0.29, 0.717) is 25.3 Å². The number of hydrogen-bond donors (Lipinski definition) is 2. The van der Waals surface area contributed by atoms with Crippen molar-refractivity contribution in [3.63, 3.8) is 0 Å². The highest BCUT2D eigenvalue weighted by molar-refractivity contribution is 5.95. The molecule has 1 saturated carbocycles. The first kappa shape index (κ1) is 22.2. The number of unbranched alkanes of at least 4 members (excludes halogenated alkanes) is 1. The van der Waals surface area contributed by atoms with Crippen molar-refractivity contribution < 1.29 is 14.7 Å². The van der Waals surface area contributed by atoms with Crippen molar-refractivity contribution in [2.24, 2.45) is 11.8 Å². The minimum absolute atomic E-state index is 0.0397. The molecule has 4 heteroatoms. The van der Waals surface area contributed by atoms with Gasteiger partial charge in [-0.2, -0.15) is 0 Å². The van der Waals surface area contributed by atoms with Crippen LogP contribution in [0.3, 0.4) is 0 Å². The Kier molecular flexibility index (Phi) is 8.64. The van der Waals surface area contributed by atoms with Crippen LogP contribution in [0.2, 0.25) is 0 Å². The van der Waals surface area contributed by atoms with E-state index in [0.717, 1.165) is 32.1 Å². The average Bonchev–Trinajstić information content (AvgIpc) is 3.50. The predicted octanol–water partition coefficient (Wildman–Crippen LogP) is 4.30. The highest BCUT2D eigenvalue weighted by Gasteiger charge is 2.27. The second-order valence-corrected chi connectivity index (χ2v) is 8.36. The standard InChI is InChI=1S/C26H33NO3/c28-23(17-12-20-8-4-3-5-9-20)18-13-21-14-19-25(29)24(21)10-6-1-2-7-11-26(30)27-22-15-16-22/h1,3-6,8-9,13-14,18-19,21-24,28H,2,7,10-12,15-17H2,(H,27,30)/b6-1-,18-13+/t21-,23-,24+/m0/s1. The quantitative estimate of drug-likeness (QED) is 0.401. The van der Waals surface area contributed by atoms with Gasteiger partial charge in [0.15, 0.2) is 5.78 Å². The number of hydrogen-bond acceptors (Lipinski definition) is 3.